The molecule has 1 heterocycles. The van der Waals surface area contributed by atoms with Crippen molar-refractivity contribution in [3.8, 4) is 0 Å². The average molecular weight is 419 g/mol. The van der Waals surface area contributed by atoms with Crippen molar-refractivity contribution in [3.63, 3.8) is 0 Å². The van der Waals surface area contributed by atoms with E-state index in [1.807, 2.05) is 41.1 Å². The molecule has 1 fully saturated rings. The third-order valence-corrected chi connectivity index (χ3v) is 6.47. The smallest absolute Gasteiger partial charge is 0.229 e. The van der Waals surface area contributed by atoms with E-state index in [4.69, 9.17) is 22.4 Å². The van der Waals surface area contributed by atoms with E-state index in [0.717, 1.165) is 35.6 Å². The number of rotatable bonds is 6. The lowest BCUT2D eigenvalue weighted by atomic mass is 9.82. The number of nitrogens with two attached hydrogens (primary N) is 1. The maximum Gasteiger partial charge on any atom is 0.229 e. The van der Waals surface area contributed by atoms with Gasteiger partial charge in [-0.2, -0.15) is 5.10 Å². The number of fused-ring (bicyclic) bond motifs is 1. The minimum absolute atomic E-state index is 0.104. The molecule has 0 spiro atoms. The van der Waals surface area contributed by atoms with E-state index < -0.39 is 15.6 Å². The molecule has 1 aliphatic rings. The van der Waals surface area contributed by atoms with Crippen LogP contribution in [0, 0.1) is 5.92 Å². The molecule has 148 valence electrons. The monoisotopic (exact) mass is 418 g/mol. The molecule has 28 heavy (non-hydrogen) atoms. The van der Waals surface area contributed by atoms with Crippen molar-refractivity contribution in [2.45, 2.75) is 31.3 Å². The molecule has 0 aliphatic heterocycles. The Morgan fingerprint density at radius 3 is 2.54 bits per heavy atom. The van der Waals surface area contributed by atoms with Crippen LogP contribution in [0.5, 0.6) is 0 Å². The van der Waals surface area contributed by atoms with Crippen molar-refractivity contribution in [2.75, 3.05) is 11.0 Å². The second-order valence-electron chi connectivity index (χ2n) is 7.46. The zero-order valence-electron chi connectivity index (χ0n) is 15.8. The normalized spacial score (nSPS) is 21.4. The third kappa shape index (κ3) is 3.17. The van der Waals surface area contributed by atoms with Gasteiger partial charge in [0.2, 0.25) is 10.0 Å². The average Bonchev–Trinajstić information content (AvgIpc) is 3.20. The molecule has 3 unspecified atom stereocenters. The standard InChI is InChI=1S/C20H23ClN4O2S/c1-3-20(16-11-17(16)22,13-7-9-14(21)10-8-13)25-19-6-4-5-18(15(19)12-23-25)24-28(2,26)27/h4-10,12,16-17,24H,3,11,22H2,1-2H3. The van der Waals surface area contributed by atoms with Crippen LogP contribution in [0.4, 0.5) is 5.69 Å². The van der Waals surface area contributed by atoms with E-state index in [0.29, 0.717) is 10.7 Å². The maximum atomic E-state index is 11.8. The summed E-state index contributed by atoms with van der Waals surface area (Å²) in [6.45, 7) is 2.13. The highest BCUT2D eigenvalue weighted by atomic mass is 35.5. The highest BCUT2D eigenvalue weighted by Gasteiger charge is 2.53. The van der Waals surface area contributed by atoms with Gasteiger partial charge in [-0.25, -0.2) is 8.42 Å². The fourth-order valence-electron chi connectivity index (χ4n) is 4.27. The summed E-state index contributed by atoms with van der Waals surface area (Å²) in [6.07, 6.45) is 4.58. The first-order valence-electron chi connectivity index (χ1n) is 9.23. The Kier molecular flexibility index (Phi) is 4.64. The predicted octanol–water partition coefficient (Wildman–Crippen LogP) is 3.56. The Balaban J connectivity index is 1.94. The van der Waals surface area contributed by atoms with Crippen molar-refractivity contribution in [3.05, 3.63) is 59.2 Å². The Hall–Kier alpha value is -2.09. The summed E-state index contributed by atoms with van der Waals surface area (Å²) < 4.78 is 28.1. The van der Waals surface area contributed by atoms with E-state index in [2.05, 4.69) is 11.6 Å². The van der Waals surface area contributed by atoms with Crippen molar-refractivity contribution < 1.29 is 8.42 Å². The van der Waals surface area contributed by atoms with Crippen LogP contribution in [0.25, 0.3) is 10.9 Å². The SMILES string of the molecule is CCC(c1ccc(Cl)cc1)(C1CC1N)n1ncc2c(NS(C)(=O)=O)cccc21. The minimum atomic E-state index is -3.39. The van der Waals surface area contributed by atoms with E-state index in [-0.39, 0.29) is 12.0 Å². The summed E-state index contributed by atoms with van der Waals surface area (Å²) in [6, 6.07) is 13.5. The number of anilines is 1. The molecule has 3 aromatic rings. The first-order valence-corrected chi connectivity index (χ1v) is 11.5. The molecule has 0 amide bonds. The molecular weight excluding hydrogens is 396 g/mol. The molecule has 1 aliphatic carbocycles. The van der Waals surface area contributed by atoms with Crippen molar-refractivity contribution in [1.82, 2.24) is 9.78 Å². The van der Waals surface area contributed by atoms with Crippen LogP contribution in [-0.2, 0) is 15.6 Å². The molecule has 6 nitrogen and oxygen atoms in total. The third-order valence-electron chi connectivity index (χ3n) is 5.62. The van der Waals surface area contributed by atoms with Crippen molar-refractivity contribution in [1.29, 1.82) is 0 Å². The zero-order valence-corrected chi connectivity index (χ0v) is 17.3. The van der Waals surface area contributed by atoms with Crippen LogP contribution in [0.2, 0.25) is 5.02 Å². The second-order valence-corrected chi connectivity index (χ2v) is 9.64. The van der Waals surface area contributed by atoms with E-state index in [1.165, 1.54) is 0 Å². The lowest BCUT2D eigenvalue weighted by Gasteiger charge is -2.35. The zero-order chi connectivity index (χ0) is 20.1. The Bertz CT molecular complexity index is 1130. The van der Waals surface area contributed by atoms with Gasteiger partial charge >= 0.3 is 0 Å². The summed E-state index contributed by atoms with van der Waals surface area (Å²) in [5, 5.41) is 6.15. The van der Waals surface area contributed by atoms with Crippen molar-refractivity contribution >= 4 is 38.2 Å². The van der Waals surface area contributed by atoms with Crippen LogP contribution in [0.1, 0.15) is 25.3 Å². The Morgan fingerprint density at radius 2 is 1.96 bits per heavy atom. The lowest BCUT2D eigenvalue weighted by Crippen LogP contribution is -2.39. The molecule has 3 atom stereocenters. The van der Waals surface area contributed by atoms with Gasteiger partial charge in [0.25, 0.3) is 0 Å². The van der Waals surface area contributed by atoms with Crippen LogP contribution < -0.4 is 10.5 Å². The summed E-state index contributed by atoms with van der Waals surface area (Å²) >= 11 is 6.12. The van der Waals surface area contributed by atoms with E-state index >= 15 is 0 Å². The number of hydrogen-bond acceptors (Lipinski definition) is 4. The molecule has 0 bridgehead atoms. The number of aromatic nitrogens is 2. The highest BCUT2D eigenvalue weighted by molar-refractivity contribution is 7.92. The van der Waals surface area contributed by atoms with E-state index in [1.54, 1.807) is 12.3 Å². The summed E-state index contributed by atoms with van der Waals surface area (Å²) in [7, 11) is -3.39. The number of hydrogen-bond donors (Lipinski definition) is 2. The largest absolute Gasteiger partial charge is 0.327 e. The van der Waals surface area contributed by atoms with E-state index in [9.17, 15) is 8.42 Å². The minimum Gasteiger partial charge on any atom is -0.327 e. The van der Waals surface area contributed by atoms with Crippen LogP contribution in [0.15, 0.2) is 48.7 Å². The summed E-state index contributed by atoms with van der Waals surface area (Å²) in [5.74, 6) is 0.244. The summed E-state index contributed by atoms with van der Waals surface area (Å²) in [4.78, 5) is 0. The number of benzene rings is 2. The molecular formula is C20H23ClN4O2S. The van der Waals surface area contributed by atoms with Gasteiger partial charge in [-0.3, -0.25) is 9.40 Å². The fourth-order valence-corrected chi connectivity index (χ4v) is 4.97. The van der Waals surface area contributed by atoms with Crippen LogP contribution in [0.3, 0.4) is 0 Å². The number of nitrogens with zero attached hydrogens (tertiary/aromatic N) is 2. The second kappa shape index (κ2) is 6.76. The molecule has 0 saturated heterocycles. The van der Waals surface area contributed by atoms with Crippen LogP contribution in [-0.4, -0.2) is 30.5 Å². The molecule has 4 rings (SSSR count). The van der Waals surface area contributed by atoms with Gasteiger partial charge in [0.15, 0.2) is 0 Å². The molecule has 3 N–H and O–H groups in total. The fraction of sp³-hybridized carbons (Fsp3) is 0.350. The maximum absolute atomic E-state index is 11.8. The molecule has 2 aromatic carbocycles. The number of sulfonamides is 1. The number of nitrogens with one attached hydrogen (secondary N) is 1. The Labute approximate surface area is 169 Å². The molecule has 1 aromatic heterocycles. The van der Waals surface area contributed by atoms with Gasteiger partial charge in [0.1, 0.15) is 0 Å². The molecule has 1 saturated carbocycles. The quantitative estimate of drug-likeness (QED) is 0.640. The van der Waals surface area contributed by atoms with Gasteiger partial charge in [-0.1, -0.05) is 36.7 Å². The topological polar surface area (TPSA) is 90.0 Å². The van der Waals surface area contributed by atoms with Crippen molar-refractivity contribution in [2.24, 2.45) is 11.7 Å². The molecule has 8 heteroatoms. The first kappa shape index (κ1) is 19.2. The Morgan fingerprint density at radius 1 is 1.29 bits per heavy atom. The molecule has 0 radical (unpaired) electrons. The van der Waals surface area contributed by atoms with Gasteiger partial charge in [0.05, 0.1) is 29.2 Å². The summed E-state index contributed by atoms with van der Waals surface area (Å²) in [5.41, 5.74) is 8.37. The van der Waals surface area contributed by atoms with Crippen LogP contribution >= 0.6 is 11.6 Å². The van der Waals surface area contributed by atoms with Gasteiger partial charge in [-0.05, 0) is 42.7 Å². The highest BCUT2D eigenvalue weighted by Crippen LogP contribution is 2.50. The lowest BCUT2D eigenvalue weighted by molar-refractivity contribution is 0.269. The first-order chi connectivity index (χ1) is 13.3. The van der Waals surface area contributed by atoms with Gasteiger partial charge in [0, 0.05) is 22.4 Å². The van der Waals surface area contributed by atoms with Gasteiger partial charge < -0.3 is 5.73 Å². The number of halogens is 1. The van der Waals surface area contributed by atoms with Gasteiger partial charge in [-0.15, -0.1) is 0 Å². The predicted molar refractivity (Wildman–Crippen MR) is 113 cm³/mol.